The first-order valence-electron chi connectivity index (χ1n) is 3.71. The van der Waals surface area contributed by atoms with E-state index in [1.165, 1.54) is 0 Å². The lowest BCUT2D eigenvalue weighted by Gasteiger charge is -2.25. The first-order chi connectivity index (χ1) is 5.18. The maximum atomic E-state index is 10.9. The van der Waals surface area contributed by atoms with Gasteiger partial charge in [-0.3, -0.25) is 4.79 Å². The molecule has 2 N–H and O–H groups in total. The molecule has 0 radical (unpaired) electrons. The Morgan fingerprint density at radius 1 is 1.82 bits per heavy atom. The van der Waals surface area contributed by atoms with E-state index in [0.29, 0.717) is 13.2 Å². The number of hydrogen-bond acceptors (Lipinski definition) is 4. The average molecular weight is 159 g/mol. The smallest absolute Gasteiger partial charge is 0.307 e. The molecule has 4 heteroatoms. The Kier molecular flexibility index (Phi) is 2.84. The van der Waals surface area contributed by atoms with Crippen LogP contribution in [0.15, 0.2) is 0 Å². The fourth-order valence-electron chi connectivity index (χ4n) is 0.779. The third kappa shape index (κ3) is 2.86. The molecule has 0 saturated carbocycles. The van der Waals surface area contributed by atoms with Crippen LogP contribution in [-0.4, -0.2) is 31.3 Å². The number of esters is 1. The Morgan fingerprint density at radius 3 is 2.82 bits per heavy atom. The van der Waals surface area contributed by atoms with Gasteiger partial charge in [-0.1, -0.05) is 0 Å². The van der Waals surface area contributed by atoms with E-state index >= 15 is 0 Å². The predicted octanol–water partition coefficient (Wildman–Crippen LogP) is -0.334. The third-order valence-electron chi connectivity index (χ3n) is 1.39. The molecule has 1 saturated heterocycles. The van der Waals surface area contributed by atoms with Gasteiger partial charge in [0.1, 0.15) is 6.10 Å². The Labute approximate surface area is 65.7 Å². The third-order valence-corrected chi connectivity index (χ3v) is 1.39. The monoisotopic (exact) mass is 159 g/mol. The quantitative estimate of drug-likeness (QED) is 0.572. The molecular formula is C7H13NO3. The van der Waals surface area contributed by atoms with Crippen molar-refractivity contribution >= 4 is 5.97 Å². The molecule has 0 bridgehead atoms. The fraction of sp³-hybridized carbons (Fsp3) is 0.857. The van der Waals surface area contributed by atoms with Crippen LogP contribution in [0.4, 0.5) is 0 Å². The van der Waals surface area contributed by atoms with Crippen molar-refractivity contribution < 1.29 is 14.3 Å². The normalized spacial score (nSPS) is 20.5. The highest BCUT2D eigenvalue weighted by Crippen LogP contribution is 2.06. The van der Waals surface area contributed by atoms with Gasteiger partial charge in [0, 0.05) is 6.04 Å². The minimum Gasteiger partial charge on any atom is -0.457 e. The molecule has 11 heavy (non-hydrogen) atoms. The highest BCUT2D eigenvalue weighted by atomic mass is 16.6. The summed E-state index contributed by atoms with van der Waals surface area (Å²) in [4.78, 5) is 10.9. The minimum atomic E-state index is -0.228. The molecule has 0 spiro atoms. The number of carbonyl (C=O) groups is 1. The van der Waals surface area contributed by atoms with Gasteiger partial charge in [0.2, 0.25) is 0 Å². The van der Waals surface area contributed by atoms with Crippen LogP contribution in [0.25, 0.3) is 0 Å². The van der Waals surface area contributed by atoms with Crippen LogP contribution in [0.5, 0.6) is 0 Å². The van der Waals surface area contributed by atoms with Gasteiger partial charge < -0.3 is 15.2 Å². The van der Waals surface area contributed by atoms with E-state index in [1.54, 1.807) is 6.92 Å². The molecule has 1 atom stereocenters. The predicted molar refractivity (Wildman–Crippen MR) is 39.0 cm³/mol. The van der Waals surface area contributed by atoms with Crippen LogP contribution in [0, 0.1) is 0 Å². The zero-order valence-electron chi connectivity index (χ0n) is 6.58. The Bertz CT molecular complexity index is 143. The largest absolute Gasteiger partial charge is 0.457 e. The highest BCUT2D eigenvalue weighted by molar-refractivity contribution is 5.70. The van der Waals surface area contributed by atoms with Crippen LogP contribution < -0.4 is 5.73 Å². The molecule has 64 valence electrons. The summed E-state index contributed by atoms with van der Waals surface area (Å²) >= 11 is 0. The molecular weight excluding hydrogens is 146 g/mol. The van der Waals surface area contributed by atoms with Crippen molar-refractivity contribution in [3.63, 3.8) is 0 Å². The molecule has 1 aliphatic rings. The van der Waals surface area contributed by atoms with Gasteiger partial charge in [-0.2, -0.15) is 0 Å². The van der Waals surface area contributed by atoms with E-state index in [0.717, 1.165) is 0 Å². The molecule has 0 aromatic heterocycles. The molecule has 0 aliphatic carbocycles. The molecule has 0 aromatic rings. The minimum absolute atomic E-state index is 0.0266. The lowest BCUT2D eigenvalue weighted by atomic mass is 10.2. The summed E-state index contributed by atoms with van der Waals surface area (Å²) in [7, 11) is 0. The molecule has 1 heterocycles. The Morgan fingerprint density at radius 2 is 2.45 bits per heavy atom. The second-order valence-corrected chi connectivity index (χ2v) is 2.83. The van der Waals surface area contributed by atoms with Gasteiger partial charge in [-0.15, -0.1) is 0 Å². The lowest BCUT2D eigenvalue weighted by Crippen LogP contribution is -2.38. The van der Waals surface area contributed by atoms with E-state index in [4.69, 9.17) is 15.2 Å². The topological polar surface area (TPSA) is 61.6 Å². The number of hydrogen-bond donors (Lipinski definition) is 1. The lowest BCUT2D eigenvalue weighted by molar-refractivity contribution is -0.172. The summed E-state index contributed by atoms with van der Waals surface area (Å²) in [6.07, 6.45) is 0.262. The zero-order chi connectivity index (χ0) is 8.27. The second-order valence-electron chi connectivity index (χ2n) is 2.83. The van der Waals surface area contributed by atoms with Crippen LogP contribution >= 0.6 is 0 Å². The van der Waals surface area contributed by atoms with E-state index in [2.05, 4.69) is 0 Å². The first kappa shape index (κ1) is 8.49. The van der Waals surface area contributed by atoms with Crippen molar-refractivity contribution in [3.05, 3.63) is 0 Å². The van der Waals surface area contributed by atoms with E-state index in [9.17, 15) is 4.79 Å². The SMILES string of the molecule is CC(N)CC(=O)OC1COC1. The van der Waals surface area contributed by atoms with Gasteiger partial charge >= 0.3 is 5.97 Å². The van der Waals surface area contributed by atoms with Crippen molar-refractivity contribution in [1.29, 1.82) is 0 Å². The zero-order valence-corrected chi connectivity index (χ0v) is 6.58. The first-order valence-corrected chi connectivity index (χ1v) is 3.71. The van der Waals surface area contributed by atoms with Crippen molar-refractivity contribution in [2.24, 2.45) is 5.73 Å². The van der Waals surface area contributed by atoms with E-state index < -0.39 is 0 Å². The standard InChI is InChI=1S/C7H13NO3/c1-5(8)2-7(9)11-6-3-10-4-6/h5-6H,2-4,8H2,1H3. The van der Waals surface area contributed by atoms with Gasteiger partial charge in [-0.05, 0) is 6.92 Å². The molecule has 1 aliphatic heterocycles. The Hall–Kier alpha value is -0.610. The summed E-state index contributed by atoms with van der Waals surface area (Å²) in [6.45, 7) is 2.84. The van der Waals surface area contributed by atoms with Crippen molar-refractivity contribution in [1.82, 2.24) is 0 Å². The Balaban J connectivity index is 2.09. The van der Waals surface area contributed by atoms with Crippen LogP contribution in [0.3, 0.4) is 0 Å². The highest BCUT2D eigenvalue weighted by Gasteiger charge is 2.22. The molecule has 1 fully saturated rings. The summed E-state index contributed by atoms with van der Waals surface area (Å²) in [6, 6.07) is -0.122. The maximum Gasteiger partial charge on any atom is 0.307 e. The average Bonchev–Trinajstić information content (AvgIpc) is 1.77. The van der Waals surface area contributed by atoms with Gasteiger partial charge in [0.15, 0.2) is 0 Å². The van der Waals surface area contributed by atoms with Crippen LogP contribution in [-0.2, 0) is 14.3 Å². The van der Waals surface area contributed by atoms with Gasteiger partial charge in [0.05, 0.1) is 19.6 Å². The van der Waals surface area contributed by atoms with Gasteiger partial charge in [0.25, 0.3) is 0 Å². The molecule has 1 unspecified atom stereocenters. The van der Waals surface area contributed by atoms with Gasteiger partial charge in [-0.25, -0.2) is 0 Å². The van der Waals surface area contributed by atoms with Crippen molar-refractivity contribution in [2.75, 3.05) is 13.2 Å². The molecule has 0 aromatic carbocycles. The summed E-state index contributed by atoms with van der Waals surface area (Å²) in [5, 5.41) is 0. The fourth-order valence-corrected chi connectivity index (χ4v) is 0.779. The number of carbonyl (C=O) groups excluding carboxylic acids is 1. The second kappa shape index (κ2) is 3.69. The molecule has 4 nitrogen and oxygen atoms in total. The van der Waals surface area contributed by atoms with Crippen LogP contribution in [0.1, 0.15) is 13.3 Å². The van der Waals surface area contributed by atoms with Crippen molar-refractivity contribution in [3.8, 4) is 0 Å². The summed E-state index contributed by atoms with van der Waals surface area (Å²) < 4.78 is 9.79. The number of nitrogens with two attached hydrogens (primary N) is 1. The van der Waals surface area contributed by atoms with E-state index in [1.807, 2.05) is 0 Å². The van der Waals surface area contributed by atoms with Crippen LogP contribution in [0.2, 0.25) is 0 Å². The number of rotatable bonds is 3. The summed E-state index contributed by atoms with van der Waals surface area (Å²) in [5.41, 5.74) is 5.40. The van der Waals surface area contributed by atoms with E-state index in [-0.39, 0.29) is 24.5 Å². The molecule has 1 rings (SSSR count). The number of ether oxygens (including phenoxy) is 2. The maximum absolute atomic E-state index is 10.9. The summed E-state index contributed by atoms with van der Waals surface area (Å²) in [5.74, 6) is -0.228. The molecule has 0 amide bonds. The van der Waals surface area contributed by atoms with Crippen molar-refractivity contribution in [2.45, 2.75) is 25.5 Å².